The second-order valence-corrected chi connectivity index (χ2v) is 6.19. The van der Waals surface area contributed by atoms with Crippen molar-refractivity contribution in [1.82, 2.24) is 10.2 Å². The fourth-order valence-electron chi connectivity index (χ4n) is 3.26. The molecule has 0 unspecified atom stereocenters. The SMILES string of the molecule is COc1ccc2ccccc2c1CN[C@H](C)CN1CCCC1=O. The van der Waals surface area contributed by atoms with Crippen molar-refractivity contribution in [2.45, 2.75) is 32.4 Å². The average molecular weight is 312 g/mol. The van der Waals surface area contributed by atoms with E-state index in [1.807, 2.05) is 17.0 Å². The number of ether oxygens (including phenoxy) is 1. The Morgan fingerprint density at radius 1 is 1.26 bits per heavy atom. The van der Waals surface area contributed by atoms with Crippen LogP contribution in [0, 0.1) is 0 Å². The van der Waals surface area contributed by atoms with Gasteiger partial charge in [-0.1, -0.05) is 30.3 Å². The fourth-order valence-corrected chi connectivity index (χ4v) is 3.26. The number of carbonyl (C=O) groups is 1. The molecule has 1 saturated heterocycles. The van der Waals surface area contributed by atoms with Gasteiger partial charge in [0.2, 0.25) is 5.91 Å². The molecule has 122 valence electrons. The molecule has 1 atom stereocenters. The number of rotatable bonds is 6. The lowest BCUT2D eigenvalue weighted by Crippen LogP contribution is -2.39. The second kappa shape index (κ2) is 7.01. The number of likely N-dealkylation sites (tertiary alicyclic amines) is 1. The van der Waals surface area contributed by atoms with Crippen LogP contribution in [0.3, 0.4) is 0 Å². The lowest BCUT2D eigenvalue weighted by atomic mass is 10.0. The van der Waals surface area contributed by atoms with Crippen LogP contribution >= 0.6 is 0 Å². The molecule has 23 heavy (non-hydrogen) atoms. The van der Waals surface area contributed by atoms with Gasteiger partial charge in [-0.3, -0.25) is 4.79 Å². The van der Waals surface area contributed by atoms with Gasteiger partial charge in [0.05, 0.1) is 7.11 Å². The summed E-state index contributed by atoms with van der Waals surface area (Å²) in [7, 11) is 1.71. The molecular weight excluding hydrogens is 288 g/mol. The molecule has 1 N–H and O–H groups in total. The molecule has 2 aromatic rings. The lowest BCUT2D eigenvalue weighted by molar-refractivity contribution is -0.127. The second-order valence-electron chi connectivity index (χ2n) is 6.19. The molecule has 1 aliphatic rings. The van der Waals surface area contributed by atoms with E-state index in [1.165, 1.54) is 16.3 Å². The number of fused-ring (bicyclic) bond motifs is 1. The number of hydrogen-bond acceptors (Lipinski definition) is 3. The molecule has 0 aromatic heterocycles. The van der Waals surface area contributed by atoms with Crippen LogP contribution in [0.4, 0.5) is 0 Å². The van der Waals surface area contributed by atoms with E-state index < -0.39 is 0 Å². The van der Waals surface area contributed by atoms with Crippen LogP contribution in [0.25, 0.3) is 10.8 Å². The van der Waals surface area contributed by atoms with E-state index in [1.54, 1.807) is 7.11 Å². The third-order valence-corrected chi connectivity index (χ3v) is 4.51. The highest BCUT2D eigenvalue weighted by Crippen LogP contribution is 2.27. The first-order chi connectivity index (χ1) is 11.2. The van der Waals surface area contributed by atoms with Crippen LogP contribution in [-0.2, 0) is 11.3 Å². The van der Waals surface area contributed by atoms with Gasteiger partial charge in [0.15, 0.2) is 0 Å². The minimum absolute atomic E-state index is 0.251. The molecule has 3 rings (SSSR count). The molecule has 1 fully saturated rings. The van der Waals surface area contributed by atoms with Crippen molar-refractivity contribution in [3.63, 3.8) is 0 Å². The van der Waals surface area contributed by atoms with Crippen molar-refractivity contribution >= 4 is 16.7 Å². The van der Waals surface area contributed by atoms with Crippen LogP contribution in [0.5, 0.6) is 5.75 Å². The van der Waals surface area contributed by atoms with Crippen LogP contribution in [-0.4, -0.2) is 37.0 Å². The number of hydrogen-bond donors (Lipinski definition) is 1. The Labute approximate surface area is 137 Å². The number of nitrogens with zero attached hydrogens (tertiary/aromatic N) is 1. The molecule has 1 aliphatic heterocycles. The normalized spacial score (nSPS) is 16.1. The van der Waals surface area contributed by atoms with E-state index in [4.69, 9.17) is 4.74 Å². The summed E-state index contributed by atoms with van der Waals surface area (Å²) in [4.78, 5) is 13.7. The molecule has 0 spiro atoms. The number of carbonyl (C=O) groups excluding carboxylic acids is 1. The average Bonchev–Trinajstić information content (AvgIpc) is 2.97. The summed E-state index contributed by atoms with van der Waals surface area (Å²) in [6.45, 7) is 4.52. The number of amides is 1. The van der Waals surface area contributed by atoms with Crippen molar-refractivity contribution in [2.24, 2.45) is 0 Å². The molecule has 4 heteroatoms. The monoisotopic (exact) mass is 312 g/mol. The van der Waals surface area contributed by atoms with E-state index in [9.17, 15) is 4.79 Å². The molecule has 1 amide bonds. The van der Waals surface area contributed by atoms with Gasteiger partial charge in [-0.15, -0.1) is 0 Å². The quantitative estimate of drug-likeness (QED) is 0.891. The van der Waals surface area contributed by atoms with Gasteiger partial charge in [0.1, 0.15) is 5.75 Å². The standard InChI is InChI=1S/C19H24N2O2/c1-14(13-21-11-5-8-19(21)22)20-12-17-16-7-4-3-6-15(16)9-10-18(17)23-2/h3-4,6-7,9-10,14,20H,5,8,11-13H2,1-2H3/t14-/m1/s1. The Morgan fingerprint density at radius 2 is 2.09 bits per heavy atom. The molecule has 0 radical (unpaired) electrons. The Balaban J connectivity index is 1.72. The summed E-state index contributed by atoms with van der Waals surface area (Å²) < 4.78 is 5.53. The number of benzene rings is 2. The van der Waals surface area contributed by atoms with Crippen molar-refractivity contribution in [3.05, 3.63) is 42.0 Å². The Bertz CT molecular complexity index is 699. The summed E-state index contributed by atoms with van der Waals surface area (Å²) in [5.41, 5.74) is 1.17. The van der Waals surface area contributed by atoms with Crippen molar-refractivity contribution < 1.29 is 9.53 Å². The van der Waals surface area contributed by atoms with Gasteiger partial charge >= 0.3 is 0 Å². The van der Waals surface area contributed by atoms with Crippen LogP contribution in [0.1, 0.15) is 25.3 Å². The Hall–Kier alpha value is -2.07. The first-order valence-corrected chi connectivity index (χ1v) is 8.25. The van der Waals surface area contributed by atoms with Crippen molar-refractivity contribution in [3.8, 4) is 5.75 Å². The molecule has 1 heterocycles. The van der Waals surface area contributed by atoms with Gasteiger partial charge in [-0.2, -0.15) is 0 Å². The number of methoxy groups -OCH3 is 1. The van der Waals surface area contributed by atoms with Gasteiger partial charge in [0.25, 0.3) is 0 Å². The predicted octanol–water partition coefficient (Wildman–Crippen LogP) is 2.95. The largest absolute Gasteiger partial charge is 0.496 e. The molecule has 2 aromatic carbocycles. The molecule has 0 aliphatic carbocycles. The van der Waals surface area contributed by atoms with Crippen molar-refractivity contribution in [1.29, 1.82) is 0 Å². The molecule has 4 nitrogen and oxygen atoms in total. The zero-order chi connectivity index (χ0) is 16.2. The summed E-state index contributed by atoms with van der Waals surface area (Å²) in [5, 5.41) is 5.97. The third-order valence-electron chi connectivity index (χ3n) is 4.51. The van der Waals surface area contributed by atoms with E-state index in [0.29, 0.717) is 6.42 Å². The Kier molecular flexibility index (Phi) is 4.82. The van der Waals surface area contributed by atoms with Crippen LogP contribution in [0.15, 0.2) is 36.4 Å². The maximum absolute atomic E-state index is 11.7. The highest BCUT2D eigenvalue weighted by Gasteiger charge is 2.21. The van der Waals surface area contributed by atoms with E-state index >= 15 is 0 Å². The zero-order valence-corrected chi connectivity index (χ0v) is 13.8. The predicted molar refractivity (Wildman–Crippen MR) is 92.6 cm³/mol. The zero-order valence-electron chi connectivity index (χ0n) is 13.8. The van der Waals surface area contributed by atoms with E-state index in [2.05, 4.69) is 36.5 Å². The minimum Gasteiger partial charge on any atom is -0.496 e. The first kappa shape index (κ1) is 15.8. The topological polar surface area (TPSA) is 41.6 Å². The van der Waals surface area contributed by atoms with Crippen molar-refractivity contribution in [2.75, 3.05) is 20.2 Å². The molecular formula is C19H24N2O2. The highest BCUT2D eigenvalue weighted by atomic mass is 16.5. The maximum atomic E-state index is 11.7. The summed E-state index contributed by atoms with van der Waals surface area (Å²) >= 11 is 0. The van der Waals surface area contributed by atoms with Crippen LogP contribution in [0.2, 0.25) is 0 Å². The molecule has 0 saturated carbocycles. The summed E-state index contributed by atoms with van der Waals surface area (Å²) in [6.07, 6.45) is 1.69. The first-order valence-electron chi connectivity index (χ1n) is 8.25. The summed E-state index contributed by atoms with van der Waals surface area (Å²) in [5.74, 6) is 1.18. The maximum Gasteiger partial charge on any atom is 0.222 e. The van der Waals surface area contributed by atoms with Gasteiger partial charge < -0.3 is 15.0 Å². The lowest BCUT2D eigenvalue weighted by Gasteiger charge is -2.22. The highest BCUT2D eigenvalue weighted by molar-refractivity contribution is 5.87. The Morgan fingerprint density at radius 3 is 2.83 bits per heavy atom. The van der Waals surface area contributed by atoms with E-state index in [0.717, 1.165) is 31.8 Å². The third kappa shape index (κ3) is 3.48. The smallest absolute Gasteiger partial charge is 0.222 e. The van der Waals surface area contributed by atoms with E-state index in [-0.39, 0.29) is 11.9 Å². The number of nitrogens with one attached hydrogen (secondary N) is 1. The minimum atomic E-state index is 0.251. The van der Waals surface area contributed by atoms with Crippen LogP contribution < -0.4 is 10.1 Å². The van der Waals surface area contributed by atoms with Gasteiger partial charge in [-0.25, -0.2) is 0 Å². The van der Waals surface area contributed by atoms with Gasteiger partial charge in [0, 0.05) is 37.7 Å². The summed E-state index contributed by atoms with van der Waals surface area (Å²) in [6, 6.07) is 12.7. The molecule has 0 bridgehead atoms. The fraction of sp³-hybridized carbons (Fsp3) is 0.421. The van der Waals surface area contributed by atoms with Gasteiger partial charge in [-0.05, 0) is 30.2 Å².